The molecule has 1 nitrogen and oxygen atoms in total. The minimum atomic E-state index is 0.720. The lowest BCUT2D eigenvalue weighted by molar-refractivity contribution is -0.107. The second-order valence-electron chi connectivity index (χ2n) is 11.1. The van der Waals surface area contributed by atoms with Crippen LogP contribution in [0.3, 0.4) is 0 Å². The van der Waals surface area contributed by atoms with Crippen molar-refractivity contribution in [2.75, 3.05) is 20.1 Å². The van der Waals surface area contributed by atoms with Crippen molar-refractivity contribution >= 4 is 0 Å². The molecule has 222 valence electrons. The van der Waals surface area contributed by atoms with Crippen LogP contribution in [-0.2, 0) is 0 Å². The number of likely N-dealkylation sites (N-methyl/N-ethyl adjacent to an activating group) is 1. The van der Waals surface area contributed by atoms with Crippen molar-refractivity contribution < 1.29 is 0 Å². The molecule has 0 amide bonds. The molecule has 4 fully saturated rings. The quantitative estimate of drug-likeness (QED) is 0.326. The summed E-state index contributed by atoms with van der Waals surface area (Å²) in [6.45, 7) is 36.2. The van der Waals surface area contributed by atoms with Gasteiger partial charge in [0.1, 0.15) is 0 Å². The van der Waals surface area contributed by atoms with E-state index in [0.717, 1.165) is 59.9 Å². The van der Waals surface area contributed by atoms with Crippen molar-refractivity contribution in [1.82, 2.24) is 4.90 Å². The first-order valence-electron chi connectivity index (χ1n) is 16.9. The van der Waals surface area contributed by atoms with Crippen LogP contribution in [0, 0.1) is 46.8 Å². The van der Waals surface area contributed by atoms with Gasteiger partial charge in [-0.25, -0.2) is 0 Å². The minimum absolute atomic E-state index is 0.720. The van der Waals surface area contributed by atoms with Crippen LogP contribution >= 0.6 is 0 Å². The van der Waals surface area contributed by atoms with Gasteiger partial charge >= 0.3 is 0 Å². The van der Waals surface area contributed by atoms with Crippen LogP contribution in [0.5, 0.6) is 0 Å². The van der Waals surface area contributed by atoms with E-state index in [-0.39, 0.29) is 0 Å². The zero-order chi connectivity index (χ0) is 29.2. The second-order valence-corrected chi connectivity index (χ2v) is 11.1. The van der Waals surface area contributed by atoms with Crippen molar-refractivity contribution in [3.63, 3.8) is 0 Å². The van der Waals surface area contributed by atoms with Crippen LogP contribution < -0.4 is 0 Å². The number of fused-ring (bicyclic) bond motifs is 5. The number of nitrogens with zero attached hydrogens (tertiary/aromatic N) is 1. The zero-order valence-corrected chi connectivity index (χ0v) is 28.1. The van der Waals surface area contributed by atoms with E-state index in [9.17, 15) is 0 Å². The molecular formula is C36H73N. The van der Waals surface area contributed by atoms with Gasteiger partial charge in [0.2, 0.25) is 0 Å². The van der Waals surface area contributed by atoms with Gasteiger partial charge in [-0.1, -0.05) is 94.7 Å². The Morgan fingerprint density at radius 2 is 1.30 bits per heavy atom. The largest absolute Gasteiger partial charge is 0.303 e. The monoisotopic (exact) mass is 520 g/mol. The SMILES string of the molecule is C=C.C=C(CN(C)CC)C1CCC2C1CCC1C2CCC2CC(C)CCC21CC.CC.CC.CC.CC. The van der Waals surface area contributed by atoms with E-state index in [2.05, 4.69) is 52.5 Å². The lowest BCUT2D eigenvalue weighted by atomic mass is 9.45. The molecule has 0 aromatic heterocycles. The first-order chi connectivity index (χ1) is 18.0. The van der Waals surface area contributed by atoms with Crippen LogP contribution in [0.25, 0.3) is 0 Å². The van der Waals surface area contributed by atoms with Gasteiger partial charge in [0.25, 0.3) is 0 Å². The minimum Gasteiger partial charge on any atom is -0.303 e. The van der Waals surface area contributed by atoms with Crippen molar-refractivity contribution in [2.45, 2.75) is 140 Å². The van der Waals surface area contributed by atoms with Crippen molar-refractivity contribution in [3.05, 3.63) is 25.3 Å². The Balaban J connectivity index is 0. The number of rotatable bonds is 5. The van der Waals surface area contributed by atoms with Gasteiger partial charge in [0, 0.05) is 6.54 Å². The van der Waals surface area contributed by atoms with Gasteiger partial charge < -0.3 is 4.90 Å². The molecule has 0 aromatic rings. The Morgan fingerprint density at radius 1 is 0.757 bits per heavy atom. The number of hydrogen-bond acceptors (Lipinski definition) is 1. The molecule has 0 heterocycles. The zero-order valence-electron chi connectivity index (χ0n) is 28.1. The van der Waals surface area contributed by atoms with Crippen LogP contribution in [-0.4, -0.2) is 25.0 Å². The summed E-state index contributed by atoms with van der Waals surface area (Å²) >= 11 is 0. The highest BCUT2D eigenvalue weighted by Crippen LogP contribution is 2.65. The van der Waals surface area contributed by atoms with Crippen molar-refractivity contribution in [2.24, 2.45) is 46.8 Å². The lowest BCUT2D eigenvalue weighted by Gasteiger charge is -2.60. The third kappa shape index (κ3) is 9.25. The number of hydrogen-bond donors (Lipinski definition) is 0. The molecule has 4 aliphatic carbocycles. The summed E-state index contributed by atoms with van der Waals surface area (Å²) < 4.78 is 0. The maximum absolute atomic E-state index is 4.58. The highest BCUT2D eigenvalue weighted by molar-refractivity contribution is 5.13. The van der Waals surface area contributed by atoms with Crippen molar-refractivity contribution in [3.8, 4) is 0 Å². The molecule has 4 aliphatic rings. The average molecular weight is 520 g/mol. The molecule has 8 atom stereocenters. The van der Waals surface area contributed by atoms with Gasteiger partial charge in [-0.15, -0.1) is 13.2 Å². The Kier molecular flexibility index (Phi) is 22.2. The molecule has 1 heteroatoms. The van der Waals surface area contributed by atoms with Crippen LogP contribution in [0.1, 0.15) is 140 Å². The molecule has 0 radical (unpaired) electrons. The van der Waals surface area contributed by atoms with Gasteiger partial charge in [0.15, 0.2) is 0 Å². The topological polar surface area (TPSA) is 3.24 Å². The summed E-state index contributed by atoms with van der Waals surface area (Å²) in [6.07, 6.45) is 15.1. The fourth-order valence-electron chi connectivity index (χ4n) is 8.71. The first kappa shape index (κ1) is 38.6. The molecule has 37 heavy (non-hydrogen) atoms. The highest BCUT2D eigenvalue weighted by atomic mass is 15.1. The summed E-state index contributed by atoms with van der Waals surface area (Å²) in [7, 11) is 2.25. The molecule has 4 rings (SSSR count). The average Bonchev–Trinajstić information content (AvgIpc) is 3.43. The maximum Gasteiger partial charge on any atom is 0.0189 e. The Hall–Kier alpha value is -0.560. The van der Waals surface area contributed by atoms with E-state index < -0.39 is 0 Å². The van der Waals surface area contributed by atoms with Crippen LogP contribution in [0.2, 0.25) is 0 Å². The van der Waals surface area contributed by atoms with E-state index >= 15 is 0 Å². The molecule has 0 bridgehead atoms. The van der Waals surface area contributed by atoms with E-state index in [1.54, 1.807) is 24.8 Å². The normalized spacial score (nSPS) is 34.8. The molecule has 0 spiro atoms. The van der Waals surface area contributed by atoms with E-state index in [0.29, 0.717) is 0 Å². The molecule has 4 saturated carbocycles. The predicted octanol–water partition coefficient (Wildman–Crippen LogP) is 11.7. The lowest BCUT2D eigenvalue weighted by Crippen LogP contribution is -2.52. The predicted molar refractivity (Wildman–Crippen MR) is 173 cm³/mol. The summed E-state index contributed by atoms with van der Waals surface area (Å²) in [6, 6.07) is 0. The van der Waals surface area contributed by atoms with E-state index in [1.807, 2.05) is 55.4 Å². The van der Waals surface area contributed by atoms with E-state index in [4.69, 9.17) is 0 Å². The van der Waals surface area contributed by atoms with E-state index in [1.165, 1.54) is 44.9 Å². The van der Waals surface area contributed by atoms with Gasteiger partial charge in [-0.3, -0.25) is 0 Å². The maximum atomic E-state index is 4.58. The third-order valence-electron chi connectivity index (χ3n) is 10.1. The molecule has 0 aromatic carbocycles. The van der Waals surface area contributed by atoms with Crippen LogP contribution in [0.15, 0.2) is 25.3 Å². The molecule has 0 saturated heterocycles. The molecule has 0 N–H and O–H groups in total. The summed E-state index contributed by atoms with van der Waals surface area (Å²) in [5.41, 5.74) is 2.27. The fourth-order valence-corrected chi connectivity index (χ4v) is 8.71. The summed E-state index contributed by atoms with van der Waals surface area (Å²) in [5.74, 6) is 6.96. The Bertz CT molecular complexity index is 553. The first-order valence-corrected chi connectivity index (χ1v) is 16.9. The van der Waals surface area contributed by atoms with Crippen LogP contribution in [0.4, 0.5) is 0 Å². The van der Waals surface area contributed by atoms with Gasteiger partial charge in [0.05, 0.1) is 0 Å². The fraction of sp³-hybridized carbons (Fsp3) is 0.889. The van der Waals surface area contributed by atoms with Crippen molar-refractivity contribution in [1.29, 1.82) is 0 Å². The second kappa shape index (κ2) is 21.3. The Morgan fingerprint density at radius 3 is 1.84 bits per heavy atom. The summed E-state index contributed by atoms with van der Waals surface area (Å²) in [4.78, 5) is 2.45. The molecule has 8 unspecified atom stereocenters. The molecule has 0 aliphatic heterocycles. The smallest absolute Gasteiger partial charge is 0.0189 e. The van der Waals surface area contributed by atoms with Gasteiger partial charge in [-0.05, 0) is 118 Å². The Labute approximate surface area is 237 Å². The van der Waals surface area contributed by atoms with Gasteiger partial charge in [-0.2, -0.15) is 0 Å². The standard InChI is InChI=1S/C26H45N.4C2H6.C2H4/c1-6-26-15-14-18(3)16-20(26)8-9-24-23-11-10-21(19(4)17-27(5)7-2)22(23)12-13-25(24)26;5*1-2/h18,20-25H,4,6-17H2,1-3,5H3;4*1-2H3;1-2H2. The molecular weight excluding hydrogens is 446 g/mol. The summed E-state index contributed by atoms with van der Waals surface area (Å²) in [5, 5.41) is 0. The third-order valence-corrected chi connectivity index (χ3v) is 10.1. The highest BCUT2D eigenvalue weighted by Gasteiger charge is 2.57.